The second kappa shape index (κ2) is 9.16. The smallest absolute Gasteiger partial charge is 0.181 e. The fraction of sp³-hybridized carbons (Fsp3) is 0.238. The molecule has 5 rings (SSSR count). The van der Waals surface area contributed by atoms with E-state index in [-0.39, 0.29) is 31.5 Å². The number of hydrogen-bond donors (Lipinski definition) is 2. The molecule has 32 heavy (non-hydrogen) atoms. The summed E-state index contributed by atoms with van der Waals surface area (Å²) in [6.07, 6.45) is 1.35. The number of halogens is 3. The molecular weight excluding hydrogens is 456 g/mol. The third-order valence-corrected chi connectivity index (χ3v) is 6.19. The van der Waals surface area contributed by atoms with Crippen molar-refractivity contribution in [1.29, 1.82) is 5.26 Å². The summed E-state index contributed by atoms with van der Waals surface area (Å²) in [5.41, 5.74) is 6.70. The minimum absolute atomic E-state index is 0.124. The lowest BCUT2D eigenvalue weighted by molar-refractivity contribution is 0.585. The standard InChI is InChI=1S/C19H15ClF2N6S.C2H3N/c20-11-7-10-15(25-8-26-18(10)28-5-3-24-4-6-28)14(22)13(11)9-1-2-12(21)17-16(9)27-19(23)29-17;1-2-3/h1-2,7-8,24H,3-6H2,(H2,23,27);1H3. The highest BCUT2D eigenvalue weighted by molar-refractivity contribution is 7.22. The van der Waals surface area contributed by atoms with Crippen LogP contribution < -0.4 is 16.0 Å². The van der Waals surface area contributed by atoms with Crippen molar-refractivity contribution in [1.82, 2.24) is 20.3 Å². The summed E-state index contributed by atoms with van der Waals surface area (Å²) in [6, 6.07) is 6.14. The molecule has 7 nitrogen and oxygen atoms in total. The Kier molecular flexibility index (Phi) is 6.32. The lowest BCUT2D eigenvalue weighted by Gasteiger charge is -2.29. The number of benzene rings is 2. The van der Waals surface area contributed by atoms with E-state index in [1.54, 1.807) is 12.1 Å². The maximum absolute atomic E-state index is 15.6. The molecule has 3 heterocycles. The molecule has 0 bridgehead atoms. The fourth-order valence-electron chi connectivity index (χ4n) is 3.69. The first kappa shape index (κ1) is 22.1. The van der Waals surface area contributed by atoms with E-state index in [9.17, 15) is 4.39 Å². The number of anilines is 2. The quantitative estimate of drug-likeness (QED) is 0.445. The third kappa shape index (κ3) is 3.90. The van der Waals surface area contributed by atoms with Gasteiger partial charge in [-0.1, -0.05) is 22.9 Å². The number of nitrogen functional groups attached to an aromatic ring is 1. The highest BCUT2D eigenvalue weighted by Crippen LogP contribution is 2.41. The Morgan fingerprint density at radius 1 is 1.22 bits per heavy atom. The van der Waals surface area contributed by atoms with Crippen molar-refractivity contribution < 1.29 is 8.78 Å². The van der Waals surface area contributed by atoms with Crippen molar-refractivity contribution in [3.63, 3.8) is 0 Å². The lowest BCUT2D eigenvalue weighted by atomic mass is 10.0. The molecule has 0 aliphatic carbocycles. The zero-order chi connectivity index (χ0) is 22.8. The molecule has 0 spiro atoms. The summed E-state index contributed by atoms with van der Waals surface area (Å²) in [5.74, 6) is -0.407. The number of piperazine rings is 1. The number of rotatable bonds is 2. The van der Waals surface area contributed by atoms with E-state index in [0.29, 0.717) is 16.8 Å². The number of hydrogen-bond acceptors (Lipinski definition) is 8. The number of nitrogens with zero attached hydrogens (tertiary/aromatic N) is 5. The van der Waals surface area contributed by atoms with E-state index >= 15 is 4.39 Å². The largest absolute Gasteiger partial charge is 0.375 e. The molecule has 2 aromatic carbocycles. The van der Waals surface area contributed by atoms with E-state index in [1.807, 2.05) is 0 Å². The van der Waals surface area contributed by atoms with Crippen LogP contribution in [0.2, 0.25) is 5.02 Å². The van der Waals surface area contributed by atoms with Crippen molar-refractivity contribution in [2.24, 2.45) is 0 Å². The van der Waals surface area contributed by atoms with Crippen LogP contribution in [0.25, 0.3) is 32.2 Å². The van der Waals surface area contributed by atoms with Crippen molar-refractivity contribution in [3.8, 4) is 17.2 Å². The SMILES string of the molecule is CC#N.Nc1nc2c(-c3c(Cl)cc4c(N5CCNCC5)ncnc4c3F)ccc(F)c2s1. The van der Waals surface area contributed by atoms with Crippen molar-refractivity contribution >= 4 is 55.0 Å². The highest BCUT2D eigenvalue weighted by Gasteiger charge is 2.23. The van der Waals surface area contributed by atoms with Crippen molar-refractivity contribution in [3.05, 3.63) is 41.2 Å². The number of aromatic nitrogens is 3. The van der Waals surface area contributed by atoms with E-state index in [4.69, 9.17) is 22.6 Å². The summed E-state index contributed by atoms with van der Waals surface area (Å²) in [4.78, 5) is 14.8. The van der Waals surface area contributed by atoms with Gasteiger partial charge in [0.15, 0.2) is 10.9 Å². The van der Waals surface area contributed by atoms with Crippen LogP contribution in [-0.4, -0.2) is 41.1 Å². The maximum Gasteiger partial charge on any atom is 0.181 e. The van der Waals surface area contributed by atoms with Gasteiger partial charge in [0.05, 0.1) is 21.3 Å². The molecule has 3 N–H and O–H groups in total. The Hall–Kier alpha value is -3.13. The average Bonchev–Trinajstić information content (AvgIpc) is 3.18. The van der Waals surface area contributed by atoms with Gasteiger partial charge in [0.25, 0.3) is 0 Å². The Morgan fingerprint density at radius 3 is 2.66 bits per heavy atom. The van der Waals surface area contributed by atoms with Gasteiger partial charge in [-0.05, 0) is 18.2 Å². The van der Waals surface area contributed by atoms with E-state index < -0.39 is 11.6 Å². The van der Waals surface area contributed by atoms with Gasteiger partial charge in [0.2, 0.25) is 0 Å². The van der Waals surface area contributed by atoms with Crippen LogP contribution in [-0.2, 0) is 0 Å². The molecule has 1 aliphatic rings. The van der Waals surface area contributed by atoms with Crippen LogP contribution in [0.5, 0.6) is 0 Å². The Morgan fingerprint density at radius 2 is 1.94 bits per heavy atom. The highest BCUT2D eigenvalue weighted by atomic mass is 35.5. The van der Waals surface area contributed by atoms with Crippen LogP contribution in [0.4, 0.5) is 19.7 Å². The monoisotopic (exact) mass is 473 g/mol. The molecular formula is C21H18ClF2N7S. The topological polar surface area (TPSA) is 104 Å². The molecule has 0 atom stereocenters. The predicted octanol–water partition coefficient (Wildman–Crippen LogP) is 4.36. The third-order valence-electron chi connectivity index (χ3n) is 5.00. The van der Waals surface area contributed by atoms with Crippen LogP contribution in [0.1, 0.15) is 6.92 Å². The van der Waals surface area contributed by atoms with Crippen LogP contribution in [0.3, 0.4) is 0 Å². The minimum Gasteiger partial charge on any atom is -0.375 e. The van der Waals surface area contributed by atoms with E-state index in [0.717, 1.165) is 37.5 Å². The molecule has 0 unspecified atom stereocenters. The normalized spacial score (nSPS) is 13.7. The second-order valence-electron chi connectivity index (χ2n) is 6.93. The Balaban J connectivity index is 0.000000775. The van der Waals surface area contributed by atoms with Crippen LogP contribution in [0.15, 0.2) is 24.5 Å². The summed E-state index contributed by atoms with van der Waals surface area (Å²) >= 11 is 7.54. The second-order valence-corrected chi connectivity index (χ2v) is 8.36. The van der Waals surface area contributed by atoms with Gasteiger partial charge in [-0.3, -0.25) is 0 Å². The zero-order valence-corrected chi connectivity index (χ0v) is 18.6. The molecule has 0 radical (unpaired) electrons. The van der Waals surface area contributed by atoms with Gasteiger partial charge in [0.1, 0.15) is 23.5 Å². The summed E-state index contributed by atoms with van der Waals surface area (Å²) < 4.78 is 30.1. The number of fused-ring (bicyclic) bond motifs is 2. The first-order valence-electron chi connectivity index (χ1n) is 9.70. The van der Waals surface area contributed by atoms with E-state index in [2.05, 4.69) is 25.2 Å². The summed E-state index contributed by atoms with van der Waals surface area (Å²) in [7, 11) is 0. The van der Waals surface area contributed by atoms with Gasteiger partial charge >= 0.3 is 0 Å². The van der Waals surface area contributed by atoms with Crippen LogP contribution in [0, 0.1) is 23.0 Å². The van der Waals surface area contributed by atoms with E-state index in [1.165, 1.54) is 25.4 Å². The van der Waals surface area contributed by atoms with Gasteiger partial charge in [0, 0.05) is 49.6 Å². The van der Waals surface area contributed by atoms with Crippen LogP contribution >= 0.6 is 22.9 Å². The molecule has 2 aromatic heterocycles. The maximum atomic E-state index is 15.6. The van der Waals surface area contributed by atoms with Gasteiger partial charge < -0.3 is 16.0 Å². The van der Waals surface area contributed by atoms with Crippen molar-refractivity contribution in [2.75, 3.05) is 36.8 Å². The number of nitrogens with one attached hydrogen (secondary N) is 1. The number of thiazole rings is 1. The molecule has 11 heteroatoms. The molecule has 0 saturated carbocycles. The van der Waals surface area contributed by atoms with Gasteiger partial charge in [-0.25, -0.2) is 23.7 Å². The summed E-state index contributed by atoms with van der Waals surface area (Å²) in [6.45, 7) is 4.57. The van der Waals surface area contributed by atoms with Gasteiger partial charge in [-0.15, -0.1) is 0 Å². The Labute approximate surface area is 191 Å². The Bertz CT molecular complexity index is 1350. The average molecular weight is 474 g/mol. The molecule has 1 saturated heterocycles. The first-order chi connectivity index (χ1) is 15.5. The number of nitrogens with two attached hydrogens (primary N) is 1. The first-order valence-corrected chi connectivity index (χ1v) is 10.9. The molecule has 1 fully saturated rings. The molecule has 164 valence electrons. The van der Waals surface area contributed by atoms with Crippen molar-refractivity contribution in [2.45, 2.75) is 6.92 Å². The fourth-order valence-corrected chi connectivity index (χ4v) is 4.74. The lowest BCUT2D eigenvalue weighted by Crippen LogP contribution is -2.44. The number of nitriles is 1. The molecule has 1 aliphatic heterocycles. The molecule has 0 amide bonds. The minimum atomic E-state index is -0.592. The van der Waals surface area contributed by atoms with Gasteiger partial charge in [-0.2, -0.15) is 5.26 Å². The summed E-state index contributed by atoms with van der Waals surface area (Å²) in [5, 5.41) is 11.5. The zero-order valence-electron chi connectivity index (χ0n) is 17.0. The molecule has 4 aromatic rings. The predicted molar refractivity (Wildman–Crippen MR) is 124 cm³/mol.